The van der Waals surface area contributed by atoms with Crippen LogP contribution in [0.4, 0.5) is 0 Å². The second kappa shape index (κ2) is 11.4. The molecule has 1 saturated heterocycles. The van der Waals surface area contributed by atoms with Gasteiger partial charge in [0.15, 0.2) is 0 Å². The number of nitrogens with zero attached hydrogens (tertiary/aromatic N) is 1. The lowest BCUT2D eigenvalue weighted by Gasteiger charge is -2.37. The zero-order valence-electron chi connectivity index (χ0n) is 18.5. The Labute approximate surface area is 191 Å². The van der Waals surface area contributed by atoms with Crippen molar-refractivity contribution in [2.45, 2.75) is 31.2 Å². The molecule has 4 nitrogen and oxygen atoms in total. The summed E-state index contributed by atoms with van der Waals surface area (Å²) in [5, 5.41) is 21.2. The standard InChI is InChI=1S/C28H33NO3/c30-26(22-10-4-1-5-11-22)20-29-18-16-23(27(31)21-29)17-19-32-28(24-12-6-2-7-13-24)25-14-8-3-9-15-25/h1-15,23,26-28,30-31H,16-21H2/t23-,26+,27+/m1/s1. The van der Waals surface area contributed by atoms with Crippen LogP contribution in [0.15, 0.2) is 91.0 Å². The molecule has 3 aromatic rings. The molecule has 4 rings (SSSR count). The summed E-state index contributed by atoms with van der Waals surface area (Å²) < 4.78 is 6.35. The number of benzene rings is 3. The van der Waals surface area contributed by atoms with E-state index in [9.17, 15) is 10.2 Å². The molecular formula is C28H33NO3. The highest BCUT2D eigenvalue weighted by atomic mass is 16.5. The van der Waals surface area contributed by atoms with E-state index >= 15 is 0 Å². The zero-order chi connectivity index (χ0) is 22.2. The minimum Gasteiger partial charge on any atom is -0.392 e. The lowest BCUT2D eigenvalue weighted by Crippen LogP contribution is -2.45. The van der Waals surface area contributed by atoms with E-state index in [1.807, 2.05) is 66.7 Å². The summed E-state index contributed by atoms with van der Waals surface area (Å²) in [7, 11) is 0. The monoisotopic (exact) mass is 431 g/mol. The molecule has 0 unspecified atom stereocenters. The van der Waals surface area contributed by atoms with E-state index in [1.165, 1.54) is 0 Å². The van der Waals surface area contributed by atoms with Crippen LogP contribution in [0.5, 0.6) is 0 Å². The van der Waals surface area contributed by atoms with Gasteiger partial charge in [0, 0.05) is 19.7 Å². The molecule has 0 aliphatic carbocycles. The van der Waals surface area contributed by atoms with Crippen molar-refractivity contribution in [3.8, 4) is 0 Å². The van der Waals surface area contributed by atoms with Crippen molar-refractivity contribution in [1.82, 2.24) is 4.90 Å². The SMILES string of the molecule is O[C@@H](CN1CC[C@H](CCOC(c2ccccc2)c2ccccc2)[C@@H](O)C1)c1ccccc1. The summed E-state index contributed by atoms with van der Waals surface area (Å²) in [4.78, 5) is 2.16. The minimum absolute atomic E-state index is 0.101. The number of aliphatic hydroxyl groups excluding tert-OH is 2. The van der Waals surface area contributed by atoms with E-state index in [1.54, 1.807) is 0 Å². The number of rotatable bonds is 9. The Balaban J connectivity index is 1.28. The van der Waals surface area contributed by atoms with E-state index in [-0.39, 0.29) is 12.0 Å². The topological polar surface area (TPSA) is 52.9 Å². The van der Waals surface area contributed by atoms with Crippen LogP contribution in [0.25, 0.3) is 0 Å². The van der Waals surface area contributed by atoms with E-state index in [0.29, 0.717) is 19.7 Å². The molecule has 168 valence electrons. The summed E-state index contributed by atoms with van der Waals surface area (Å²) in [5.41, 5.74) is 3.21. The first-order valence-electron chi connectivity index (χ1n) is 11.6. The molecule has 1 heterocycles. The van der Waals surface area contributed by atoms with Crippen LogP contribution in [-0.2, 0) is 4.74 Å². The molecule has 0 aromatic heterocycles. The third kappa shape index (κ3) is 6.05. The van der Waals surface area contributed by atoms with Crippen LogP contribution in [0, 0.1) is 5.92 Å². The van der Waals surface area contributed by atoms with Crippen molar-refractivity contribution >= 4 is 0 Å². The van der Waals surface area contributed by atoms with Gasteiger partial charge in [-0.05, 0) is 42.0 Å². The molecule has 0 spiro atoms. The van der Waals surface area contributed by atoms with E-state index < -0.39 is 12.2 Å². The number of aliphatic hydroxyl groups is 2. The van der Waals surface area contributed by atoms with Gasteiger partial charge in [0.2, 0.25) is 0 Å². The van der Waals surface area contributed by atoms with Crippen LogP contribution in [0.3, 0.4) is 0 Å². The van der Waals surface area contributed by atoms with Gasteiger partial charge in [0.05, 0.1) is 12.2 Å². The molecule has 1 fully saturated rings. The van der Waals surface area contributed by atoms with Gasteiger partial charge in [-0.3, -0.25) is 4.90 Å². The van der Waals surface area contributed by atoms with E-state index in [0.717, 1.165) is 36.1 Å². The van der Waals surface area contributed by atoms with Gasteiger partial charge in [-0.2, -0.15) is 0 Å². The van der Waals surface area contributed by atoms with E-state index in [4.69, 9.17) is 4.74 Å². The van der Waals surface area contributed by atoms with Crippen molar-refractivity contribution in [2.24, 2.45) is 5.92 Å². The maximum atomic E-state index is 10.7. The van der Waals surface area contributed by atoms with Gasteiger partial charge < -0.3 is 14.9 Å². The van der Waals surface area contributed by atoms with Gasteiger partial charge in [-0.15, -0.1) is 0 Å². The second-order valence-corrected chi connectivity index (χ2v) is 8.66. The molecule has 0 radical (unpaired) electrons. The molecule has 0 saturated carbocycles. The first kappa shape index (κ1) is 22.7. The molecule has 3 aromatic carbocycles. The molecule has 0 bridgehead atoms. The largest absolute Gasteiger partial charge is 0.392 e. The van der Waals surface area contributed by atoms with Crippen molar-refractivity contribution in [3.05, 3.63) is 108 Å². The normalized spacial score (nSPS) is 20.3. The van der Waals surface area contributed by atoms with Gasteiger partial charge in [-0.25, -0.2) is 0 Å². The number of β-amino-alcohol motifs (C(OH)–C–C–N with tert-alkyl or cyclic N) is 2. The Hall–Kier alpha value is -2.50. The Bertz CT molecular complexity index is 880. The Kier molecular flexibility index (Phi) is 8.07. The molecule has 32 heavy (non-hydrogen) atoms. The number of hydrogen-bond acceptors (Lipinski definition) is 4. The second-order valence-electron chi connectivity index (χ2n) is 8.66. The number of hydrogen-bond donors (Lipinski definition) is 2. The average molecular weight is 432 g/mol. The van der Waals surface area contributed by atoms with Crippen molar-refractivity contribution < 1.29 is 14.9 Å². The minimum atomic E-state index is -0.527. The first-order valence-corrected chi connectivity index (χ1v) is 11.6. The fourth-order valence-corrected chi connectivity index (χ4v) is 4.55. The fourth-order valence-electron chi connectivity index (χ4n) is 4.55. The van der Waals surface area contributed by atoms with Gasteiger partial charge >= 0.3 is 0 Å². The molecule has 2 N–H and O–H groups in total. The Morgan fingerprint density at radius 2 is 1.34 bits per heavy atom. The quantitative estimate of drug-likeness (QED) is 0.520. The fraction of sp³-hybridized carbons (Fsp3) is 0.357. The smallest absolute Gasteiger partial charge is 0.108 e. The predicted molar refractivity (Wildman–Crippen MR) is 127 cm³/mol. The van der Waals surface area contributed by atoms with E-state index in [2.05, 4.69) is 29.2 Å². The predicted octanol–water partition coefficient (Wildman–Crippen LogP) is 4.60. The van der Waals surface area contributed by atoms with Crippen molar-refractivity contribution in [2.75, 3.05) is 26.2 Å². The van der Waals surface area contributed by atoms with Crippen LogP contribution in [-0.4, -0.2) is 47.5 Å². The molecule has 3 atom stereocenters. The Morgan fingerprint density at radius 1 is 0.812 bits per heavy atom. The maximum Gasteiger partial charge on any atom is 0.108 e. The van der Waals surface area contributed by atoms with Crippen LogP contribution < -0.4 is 0 Å². The van der Waals surface area contributed by atoms with Gasteiger partial charge in [0.25, 0.3) is 0 Å². The van der Waals surface area contributed by atoms with Crippen LogP contribution in [0.2, 0.25) is 0 Å². The third-order valence-electron chi connectivity index (χ3n) is 6.40. The summed E-state index contributed by atoms with van der Waals surface area (Å²) in [5.74, 6) is 0.215. The molecule has 0 amide bonds. The average Bonchev–Trinajstić information content (AvgIpc) is 2.84. The lowest BCUT2D eigenvalue weighted by atomic mass is 9.90. The van der Waals surface area contributed by atoms with Gasteiger partial charge in [-0.1, -0.05) is 91.0 Å². The summed E-state index contributed by atoms with van der Waals surface area (Å²) in [6.07, 6.45) is 0.707. The highest BCUT2D eigenvalue weighted by Gasteiger charge is 2.29. The lowest BCUT2D eigenvalue weighted by molar-refractivity contribution is -0.0154. The third-order valence-corrected chi connectivity index (χ3v) is 6.40. The number of piperidine rings is 1. The highest BCUT2D eigenvalue weighted by molar-refractivity contribution is 5.29. The highest BCUT2D eigenvalue weighted by Crippen LogP contribution is 2.28. The molecule has 4 heteroatoms. The first-order chi connectivity index (χ1) is 15.7. The van der Waals surface area contributed by atoms with Crippen molar-refractivity contribution in [3.63, 3.8) is 0 Å². The molecule has 1 aliphatic rings. The van der Waals surface area contributed by atoms with Crippen molar-refractivity contribution in [1.29, 1.82) is 0 Å². The molecular weight excluding hydrogens is 398 g/mol. The molecule has 1 aliphatic heterocycles. The summed E-state index contributed by atoms with van der Waals surface area (Å²) in [6.45, 7) is 2.62. The Morgan fingerprint density at radius 3 is 1.88 bits per heavy atom. The maximum absolute atomic E-state index is 10.7. The van der Waals surface area contributed by atoms with Gasteiger partial charge in [0.1, 0.15) is 6.10 Å². The van der Waals surface area contributed by atoms with Crippen LogP contribution >= 0.6 is 0 Å². The summed E-state index contributed by atoms with van der Waals surface area (Å²) in [6, 6.07) is 30.3. The summed E-state index contributed by atoms with van der Waals surface area (Å²) >= 11 is 0. The van der Waals surface area contributed by atoms with Crippen LogP contribution in [0.1, 0.15) is 41.7 Å². The number of likely N-dealkylation sites (tertiary alicyclic amines) is 1. The zero-order valence-corrected chi connectivity index (χ0v) is 18.5. The number of ether oxygens (including phenoxy) is 1.